The van der Waals surface area contributed by atoms with Crippen molar-refractivity contribution in [3.8, 4) is 0 Å². The monoisotopic (exact) mass is 319 g/mol. The average Bonchev–Trinajstić information content (AvgIpc) is 2.61. The first-order valence-electron chi connectivity index (χ1n) is 7.99. The first-order chi connectivity index (χ1) is 11.6. The quantitative estimate of drug-likeness (QED) is 0.786. The molecule has 0 aliphatic heterocycles. The molecule has 0 aliphatic carbocycles. The van der Waals surface area contributed by atoms with E-state index in [9.17, 15) is 4.79 Å². The zero-order valence-electron chi connectivity index (χ0n) is 14.0. The van der Waals surface area contributed by atoms with Crippen LogP contribution in [0.1, 0.15) is 11.1 Å². The molecule has 1 aromatic heterocycles. The lowest BCUT2D eigenvalue weighted by Crippen LogP contribution is -2.24. The Morgan fingerprint density at radius 3 is 2.54 bits per heavy atom. The van der Waals surface area contributed by atoms with Gasteiger partial charge in [0.1, 0.15) is 0 Å². The number of aromatic nitrogens is 1. The normalized spacial score (nSPS) is 10.6. The summed E-state index contributed by atoms with van der Waals surface area (Å²) in [6, 6.07) is 18.0. The topological polar surface area (TPSA) is 45.2 Å². The molecule has 1 N–H and O–H groups in total. The Hall–Kier alpha value is -2.88. The Morgan fingerprint density at radius 1 is 1.04 bits per heavy atom. The fraction of sp³-hybridized carbons (Fsp3) is 0.200. The number of amides is 1. The molecule has 122 valence electrons. The summed E-state index contributed by atoms with van der Waals surface area (Å²) in [7, 11) is 4.02. The number of anilines is 1. The van der Waals surface area contributed by atoms with Gasteiger partial charge in [-0.1, -0.05) is 36.4 Å². The number of nitrogens with zero attached hydrogens (tertiary/aromatic N) is 2. The van der Waals surface area contributed by atoms with Crippen LogP contribution in [0.5, 0.6) is 0 Å². The summed E-state index contributed by atoms with van der Waals surface area (Å²) in [5, 5.41) is 4.04. The summed E-state index contributed by atoms with van der Waals surface area (Å²) in [5.74, 6) is 0.00448. The molecular weight excluding hydrogens is 298 g/mol. The minimum Gasteiger partial charge on any atom is -0.378 e. The molecule has 0 saturated heterocycles. The van der Waals surface area contributed by atoms with Gasteiger partial charge in [-0.3, -0.25) is 9.78 Å². The van der Waals surface area contributed by atoms with Gasteiger partial charge in [-0.05, 0) is 29.3 Å². The zero-order valence-corrected chi connectivity index (χ0v) is 14.0. The van der Waals surface area contributed by atoms with E-state index < -0.39 is 0 Å². The Kier molecular flexibility index (Phi) is 4.75. The van der Waals surface area contributed by atoms with Crippen molar-refractivity contribution in [2.24, 2.45) is 0 Å². The number of carbonyl (C=O) groups excluding carboxylic acids is 1. The van der Waals surface area contributed by atoms with Gasteiger partial charge >= 0.3 is 0 Å². The van der Waals surface area contributed by atoms with E-state index in [1.165, 1.54) is 0 Å². The number of rotatable bonds is 5. The van der Waals surface area contributed by atoms with Crippen molar-refractivity contribution in [3.05, 3.63) is 71.9 Å². The lowest BCUT2D eigenvalue weighted by atomic mass is 10.1. The summed E-state index contributed by atoms with van der Waals surface area (Å²) in [4.78, 5) is 18.7. The summed E-state index contributed by atoms with van der Waals surface area (Å²) in [5.41, 5.74) is 4.08. The second kappa shape index (κ2) is 7.13. The first-order valence-corrected chi connectivity index (χ1v) is 7.99. The van der Waals surface area contributed by atoms with Crippen LogP contribution in [0, 0.1) is 0 Å². The lowest BCUT2D eigenvalue weighted by Gasteiger charge is -2.13. The Labute approximate surface area is 142 Å². The predicted octanol–water partition coefficient (Wildman–Crippen LogP) is 3.16. The maximum atomic E-state index is 12.3. The number of pyridine rings is 1. The average molecular weight is 319 g/mol. The minimum atomic E-state index is 0.00448. The predicted molar refractivity (Wildman–Crippen MR) is 98.1 cm³/mol. The second-order valence-electron chi connectivity index (χ2n) is 6.01. The Bertz CT molecular complexity index is 836. The molecular formula is C20H21N3O. The van der Waals surface area contributed by atoms with Crippen LogP contribution in [0.4, 0.5) is 5.69 Å². The smallest absolute Gasteiger partial charge is 0.224 e. The molecule has 0 bridgehead atoms. The van der Waals surface area contributed by atoms with E-state index >= 15 is 0 Å². The molecule has 0 radical (unpaired) electrons. The third kappa shape index (κ3) is 3.71. The molecule has 4 heteroatoms. The van der Waals surface area contributed by atoms with Crippen molar-refractivity contribution in [3.63, 3.8) is 0 Å². The number of hydrogen-bond donors (Lipinski definition) is 1. The summed E-state index contributed by atoms with van der Waals surface area (Å²) < 4.78 is 0. The van der Waals surface area contributed by atoms with Gasteiger partial charge in [-0.2, -0.15) is 0 Å². The van der Waals surface area contributed by atoms with Crippen LogP contribution >= 0.6 is 0 Å². The Morgan fingerprint density at radius 2 is 1.79 bits per heavy atom. The van der Waals surface area contributed by atoms with Crippen molar-refractivity contribution in [1.82, 2.24) is 10.3 Å². The summed E-state index contributed by atoms with van der Waals surface area (Å²) in [6.45, 7) is 0.532. The van der Waals surface area contributed by atoms with Gasteiger partial charge in [0.15, 0.2) is 0 Å². The largest absolute Gasteiger partial charge is 0.378 e. The SMILES string of the molecule is CN(C)c1ccc(CNC(=O)Cc2cccc3cccnc23)cc1. The fourth-order valence-corrected chi connectivity index (χ4v) is 2.66. The van der Waals surface area contributed by atoms with Crippen molar-refractivity contribution in [1.29, 1.82) is 0 Å². The number of fused-ring (bicyclic) bond motifs is 1. The molecule has 0 spiro atoms. The van der Waals surface area contributed by atoms with Gasteiger partial charge in [0, 0.05) is 37.9 Å². The molecule has 2 aromatic carbocycles. The van der Waals surface area contributed by atoms with Gasteiger partial charge in [0.05, 0.1) is 11.9 Å². The van der Waals surface area contributed by atoms with E-state index in [-0.39, 0.29) is 5.91 Å². The van der Waals surface area contributed by atoms with Gasteiger partial charge in [-0.15, -0.1) is 0 Å². The van der Waals surface area contributed by atoms with Crippen molar-refractivity contribution in [2.45, 2.75) is 13.0 Å². The molecule has 0 atom stereocenters. The van der Waals surface area contributed by atoms with E-state index in [2.05, 4.69) is 27.3 Å². The van der Waals surface area contributed by atoms with Crippen LogP contribution in [-0.2, 0) is 17.8 Å². The highest BCUT2D eigenvalue weighted by atomic mass is 16.1. The van der Waals surface area contributed by atoms with Gasteiger partial charge in [0.2, 0.25) is 5.91 Å². The van der Waals surface area contributed by atoms with Gasteiger partial charge < -0.3 is 10.2 Å². The first kappa shape index (κ1) is 16.0. The number of para-hydroxylation sites is 1. The van der Waals surface area contributed by atoms with Crippen molar-refractivity contribution < 1.29 is 4.79 Å². The van der Waals surface area contributed by atoms with Crippen LogP contribution in [-0.4, -0.2) is 25.0 Å². The van der Waals surface area contributed by atoms with E-state index in [0.29, 0.717) is 13.0 Å². The van der Waals surface area contributed by atoms with Gasteiger partial charge in [0.25, 0.3) is 0 Å². The standard InChI is InChI=1S/C20H21N3O/c1-23(2)18-10-8-15(9-11-18)14-22-19(24)13-17-6-3-5-16-7-4-12-21-20(16)17/h3-12H,13-14H2,1-2H3,(H,22,24). The Balaban J connectivity index is 1.63. The van der Waals surface area contributed by atoms with Crippen molar-refractivity contribution in [2.75, 3.05) is 19.0 Å². The highest BCUT2D eigenvalue weighted by Crippen LogP contribution is 2.16. The van der Waals surface area contributed by atoms with Gasteiger partial charge in [-0.25, -0.2) is 0 Å². The van der Waals surface area contributed by atoms with Crippen LogP contribution < -0.4 is 10.2 Å². The molecule has 0 unspecified atom stereocenters. The molecule has 0 saturated carbocycles. The molecule has 0 aliphatic rings. The number of carbonyl (C=O) groups is 1. The maximum absolute atomic E-state index is 12.3. The molecule has 1 amide bonds. The maximum Gasteiger partial charge on any atom is 0.224 e. The second-order valence-corrected chi connectivity index (χ2v) is 6.01. The van der Waals surface area contributed by atoms with Crippen LogP contribution in [0.3, 0.4) is 0 Å². The third-order valence-corrected chi connectivity index (χ3v) is 4.01. The number of benzene rings is 2. The van der Waals surface area contributed by atoms with Crippen LogP contribution in [0.15, 0.2) is 60.8 Å². The molecule has 24 heavy (non-hydrogen) atoms. The highest BCUT2D eigenvalue weighted by Gasteiger charge is 2.07. The lowest BCUT2D eigenvalue weighted by molar-refractivity contribution is -0.120. The molecule has 1 heterocycles. The summed E-state index contributed by atoms with van der Waals surface area (Å²) >= 11 is 0. The van der Waals surface area contributed by atoms with E-state index in [0.717, 1.165) is 27.7 Å². The number of nitrogens with one attached hydrogen (secondary N) is 1. The third-order valence-electron chi connectivity index (χ3n) is 4.01. The highest BCUT2D eigenvalue weighted by molar-refractivity contribution is 5.87. The molecule has 3 rings (SSSR count). The van der Waals surface area contributed by atoms with E-state index in [1.807, 2.05) is 56.6 Å². The van der Waals surface area contributed by atoms with Crippen LogP contribution in [0.25, 0.3) is 10.9 Å². The van der Waals surface area contributed by atoms with E-state index in [4.69, 9.17) is 0 Å². The van der Waals surface area contributed by atoms with E-state index in [1.54, 1.807) is 6.20 Å². The molecule has 3 aromatic rings. The zero-order chi connectivity index (χ0) is 16.9. The van der Waals surface area contributed by atoms with Crippen LogP contribution in [0.2, 0.25) is 0 Å². The summed E-state index contributed by atoms with van der Waals surface area (Å²) in [6.07, 6.45) is 2.10. The minimum absolute atomic E-state index is 0.00448. The molecule has 0 fully saturated rings. The molecule has 4 nitrogen and oxygen atoms in total. The fourth-order valence-electron chi connectivity index (χ4n) is 2.66. The number of hydrogen-bond acceptors (Lipinski definition) is 3. The van der Waals surface area contributed by atoms with Crippen molar-refractivity contribution >= 4 is 22.5 Å².